The van der Waals surface area contributed by atoms with Crippen LogP contribution in [0.4, 0.5) is 0 Å². The van der Waals surface area contributed by atoms with Crippen molar-refractivity contribution in [2.45, 2.75) is 208 Å². The maximum Gasteiger partial charge on any atom is 0.119 e. The maximum absolute atomic E-state index is 6.46. The van der Waals surface area contributed by atoms with Crippen molar-refractivity contribution in [1.82, 2.24) is 0 Å². The average Bonchev–Trinajstić information content (AvgIpc) is 3.27. The van der Waals surface area contributed by atoms with E-state index in [2.05, 4.69) is 152 Å². The van der Waals surface area contributed by atoms with Gasteiger partial charge in [0, 0.05) is 0 Å². The normalized spacial score (nSPS) is 13.2. The van der Waals surface area contributed by atoms with E-state index in [1.54, 1.807) is 0 Å². The third-order valence-corrected chi connectivity index (χ3v) is 12.0. The third-order valence-electron chi connectivity index (χ3n) is 12.0. The zero-order valence-corrected chi connectivity index (χ0v) is 40.3. The largest absolute Gasteiger partial charge is 0.491 e. The van der Waals surface area contributed by atoms with Crippen LogP contribution in [0.1, 0.15) is 206 Å². The molecule has 340 valence electrons. The van der Waals surface area contributed by atoms with Crippen LogP contribution in [0.5, 0.6) is 23.0 Å². The maximum atomic E-state index is 6.46. The summed E-state index contributed by atoms with van der Waals surface area (Å²) in [5, 5.41) is 0. The first kappa shape index (κ1) is 50.5. The van der Waals surface area contributed by atoms with Gasteiger partial charge in [0.15, 0.2) is 0 Å². The van der Waals surface area contributed by atoms with E-state index in [-0.39, 0.29) is 24.4 Å². The number of ether oxygens (including phenoxy) is 4. The minimum Gasteiger partial charge on any atom is -0.491 e. The fraction of sp³-hybridized carbons (Fsp3) is 0.552. The molecular formula is C58H84O4. The van der Waals surface area contributed by atoms with E-state index in [4.69, 9.17) is 18.9 Å². The van der Waals surface area contributed by atoms with Gasteiger partial charge in [-0.25, -0.2) is 0 Å². The lowest BCUT2D eigenvalue weighted by atomic mass is 9.85. The second-order valence-corrected chi connectivity index (χ2v) is 18.0. The number of benzene rings is 4. The molecule has 0 aromatic heterocycles. The number of hydrogen-bond acceptors (Lipinski definition) is 4. The molecule has 4 rings (SSSR count). The summed E-state index contributed by atoms with van der Waals surface area (Å²) in [5.74, 6) is 3.63. The molecule has 4 nitrogen and oxygen atoms in total. The van der Waals surface area contributed by atoms with Crippen LogP contribution in [0.15, 0.2) is 97.1 Å². The summed E-state index contributed by atoms with van der Waals surface area (Å²) in [5.41, 5.74) is 6.82. The van der Waals surface area contributed by atoms with Gasteiger partial charge in [0.2, 0.25) is 0 Å². The van der Waals surface area contributed by atoms with Gasteiger partial charge >= 0.3 is 0 Å². The topological polar surface area (TPSA) is 36.9 Å². The van der Waals surface area contributed by atoms with Gasteiger partial charge in [-0.15, -0.1) is 0 Å². The van der Waals surface area contributed by atoms with Crippen molar-refractivity contribution in [2.75, 3.05) is 0 Å². The van der Waals surface area contributed by atoms with Gasteiger partial charge in [0.05, 0.1) is 24.4 Å². The first-order chi connectivity index (χ1) is 30.2. The van der Waals surface area contributed by atoms with Crippen molar-refractivity contribution in [3.8, 4) is 23.0 Å². The Morgan fingerprint density at radius 1 is 0.290 bits per heavy atom. The third kappa shape index (κ3) is 18.3. The molecule has 0 fully saturated rings. The summed E-state index contributed by atoms with van der Waals surface area (Å²) in [6.07, 6.45) is 24.9. The molecule has 0 radical (unpaired) electrons. The Bertz CT molecular complexity index is 1510. The Morgan fingerprint density at radius 2 is 0.484 bits per heavy atom. The molecule has 0 saturated heterocycles. The number of rotatable bonds is 32. The Hall–Kier alpha value is -4.18. The Kier molecular flexibility index (Phi) is 23.8. The SMILES string of the molecule is CCCCCC[C@H](C)Oc1ccc(C(=C(c2ccc(O[C@@H](C)CCCCCC)cc2)c2ccc(O[C@@H](C)CCCCCC)cc2)c2ccc(O[C@@H](C)CCCCCC)cc2)cc1. The lowest BCUT2D eigenvalue weighted by molar-refractivity contribution is 0.206. The second-order valence-electron chi connectivity index (χ2n) is 18.0. The highest BCUT2D eigenvalue weighted by Crippen LogP contribution is 2.39. The summed E-state index contributed by atoms with van der Waals surface area (Å²) in [4.78, 5) is 0. The zero-order chi connectivity index (χ0) is 44.4. The molecular weight excluding hydrogens is 761 g/mol. The fourth-order valence-electron chi connectivity index (χ4n) is 8.31. The van der Waals surface area contributed by atoms with Crippen LogP contribution in [0.2, 0.25) is 0 Å². The summed E-state index contributed by atoms with van der Waals surface area (Å²) in [6, 6.07) is 35.0. The predicted molar refractivity (Wildman–Crippen MR) is 266 cm³/mol. The molecule has 62 heavy (non-hydrogen) atoms. The number of unbranched alkanes of at least 4 members (excludes halogenated alkanes) is 12. The van der Waals surface area contributed by atoms with Crippen molar-refractivity contribution in [3.63, 3.8) is 0 Å². The van der Waals surface area contributed by atoms with Gasteiger partial charge in [0.25, 0.3) is 0 Å². The van der Waals surface area contributed by atoms with E-state index < -0.39 is 0 Å². The van der Waals surface area contributed by atoms with E-state index in [0.29, 0.717) is 0 Å². The molecule has 4 atom stereocenters. The molecule has 0 spiro atoms. The molecule has 0 aliphatic carbocycles. The molecule has 0 saturated carbocycles. The van der Waals surface area contributed by atoms with Gasteiger partial charge < -0.3 is 18.9 Å². The first-order valence-electron chi connectivity index (χ1n) is 25.1. The van der Waals surface area contributed by atoms with Gasteiger partial charge in [-0.3, -0.25) is 0 Å². The Morgan fingerprint density at radius 3 is 0.661 bits per heavy atom. The van der Waals surface area contributed by atoms with E-state index >= 15 is 0 Å². The zero-order valence-electron chi connectivity index (χ0n) is 40.3. The average molecular weight is 845 g/mol. The highest BCUT2D eigenvalue weighted by molar-refractivity contribution is 6.04. The van der Waals surface area contributed by atoms with Crippen LogP contribution in [0.25, 0.3) is 11.1 Å². The highest BCUT2D eigenvalue weighted by atomic mass is 16.5. The van der Waals surface area contributed by atoms with E-state index in [1.807, 2.05) is 0 Å². The van der Waals surface area contributed by atoms with Gasteiger partial charge in [-0.2, -0.15) is 0 Å². The summed E-state index contributed by atoms with van der Waals surface area (Å²) < 4.78 is 25.8. The van der Waals surface area contributed by atoms with Crippen molar-refractivity contribution < 1.29 is 18.9 Å². The molecule has 0 unspecified atom stereocenters. The Labute approximate surface area is 379 Å². The molecule has 0 aliphatic rings. The molecule has 0 bridgehead atoms. The smallest absolute Gasteiger partial charge is 0.119 e. The monoisotopic (exact) mass is 845 g/mol. The molecule has 0 heterocycles. The van der Waals surface area contributed by atoms with Crippen LogP contribution >= 0.6 is 0 Å². The van der Waals surface area contributed by atoms with Gasteiger partial charge in [0.1, 0.15) is 23.0 Å². The van der Waals surface area contributed by atoms with Crippen LogP contribution in [0, 0.1) is 0 Å². The summed E-state index contributed by atoms with van der Waals surface area (Å²) >= 11 is 0. The van der Waals surface area contributed by atoms with Crippen molar-refractivity contribution in [2.24, 2.45) is 0 Å². The molecule has 0 N–H and O–H groups in total. The van der Waals surface area contributed by atoms with Crippen LogP contribution in [-0.4, -0.2) is 24.4 Å². The fourth-order valence-corrected chi connectivity index (χ4v) is 8.31. The second kappa shape index (κ2) is 29.2. The summed E-state index contributed by atoms with van der Waals surface area (Å²) in [7, 11) is 0. The highest BCUT2D eigenvalue weighted by Gasteiger charge is 2.19. The van der Waals surface area contributed by atoms with Crippen molar-refractivity contribution in [1.29, 1.82) is 0 Å². The van der Waals surface area contributed by atoms with Crippen molar-refractivity contribution in [3.05, 3.63) is 119 Å². The Balaban J connectivity index is 1.75. The van der Waals surface area contributed by atoms with E-state index in [9.17, 15) is 0 Å². The molecule has 4 heteroatoms. The lowest BCUT2D eigenvalue weighted by Gasteiger charge is -2.21. The van der Waals surface area contributed by atoms with Gasteiger partial charge in [-0.05, 0) is 161 Å². The predicted octanol–water partition coefficient (Wildman–Crippen LogP) is 17.6. The summed E-state index contributed by atoms with van der Waals surface area (Å²) in [6.45, 7) is 17.8. The minimum atomic E-state index is 0.171. The van der Waals surface area contributed by atoms with Crippen molar-refractivity contribution >= 4 is 11.1 Å². The standard InChI is InChI=1S/C58H84O4/c1-9-13-17-21-25-45(5)59-53-37-29-49(30-38-53)57(50-31-39-54(40-32-50)60-46(6)26-22-18-14-10-2)58(51-33-41-55(42-34-51)61-47(7)27-23-19-15-11-3)52-35-43-56(44-36-52)62-48(8)28-24-20-16-12-4/h29-48H,9-28H2,1-8H3/t45-,46-,47-,48-/m0/s1. The quantitative estimate of drug-likeness (QED) is 0.0362. The van der Waals surface area contributed by atoms with Crippen LogP contribution < -0.4 is 18.9 Å². The first-order valence-corrected chi connectivity index (χ1v) is 25.1. The molecule has 0 aliphatic heterocycles. The lowest BCUT2D eigenvalue weighted by Crippen LogP contribution is -2.12. The van der Waals surface area contributed by atoms with Gasteiger partial charge in [-0.1, -0.05) is 153 Å². The molecule has 0 amide bonds. The van der Waals surface area contributed by atoms with E-state index in [1.165, 1.54) is 103 Å². The number of hydrogen-bond donors (Lipinski definition) is 0. The van der Waals surface area contributed by atoms with Crippen LogP contribution in [0.3, 0.4) is 0 Å². The van der Waals surface area contributed by atoms with E-state index in [0.717, 1.165) is 82.1 Å². The molecule has 4 aromatic carbocycles. The minimum absolute atomic E-state index is 0.171. The van der Waals surface area contributed by atoms with Crippen LogP contribution in [-0.2, 0) is 0 Å². The molecule has 4 aromatic rings.